The van der Waals surface area contributed by atoms with Crippen LogP contribution in [-0.2, 0) is 11.3 Å². The third-order valence-electron chi connectivity index (χ3n) is 7.32. The molecule has 1 aromatic heterocycles. The molecule has 1 aromatic rings. The lowest BCUT2D eigenvalue weighted by atomic mass is 9.51. The van der Waals surface area contributed by atoms with Gasteiger partial charge in [-0.1, -0.05) is 6.07 Å². The average molecular weight is 339 g/mol. The predicted octanol–water partition coefficient (Wildman–Crippen LogP) is 2.80. The van der Waals surface area contributed by atoms with E-state index in [0.29, 0.717) is 23.7 Å². The first-order valence-corrected chi connectivity index (χ1v) is 10.2. The molecule has 0 spiro atoms. The summed E-state index contributed by atoms with van der Waals surface area (Å²) in [5.74, 6) is 4.16. The number of amides is 1. The zero-order valence-electron chi connectivity index (χ0n) is 15.0. The topological polar surface area (TPSA) is 36.4 Å². The first-order chi connectivity index (χ1) is 12.3. The lowest BCUT2D eigenvalue weighted by molar-refractivity contribution is -0.150. The van der Waals surface area contributed by atoms with Gasteiger partial charge in [-0.2, -0.15) is 0 Å². The standard InChI is InChI=1S/C21H29N3O/c25-21(20-18-9-16-8-17(11-18)12-19(20)10-16)24-6-4-23(5-7-24)14-15-2-1-3-22-13-15/h1-3,13,16-20H,4-12,14H2. The Kier molecular flexibility index (Phi) is 4.04. The van der Waals surface area contributed by atoms with Crippen LogP contribution in [0, 0.1) is 29.6 Å². The Bertz CT molecular complexity index is 595. The summed E-state index contributed by atoms with van der Waals surface area (Å²) in [6, 6.07) is 4.14. The molecule has 4 aliphatic carbocycles. The number of carbonyl (C=O) groups excluding carboxylic acids is 1. The largest absolute Gasteiger partial charge is 0.340 e. The molecule has 25 heavy (non-hydrogen) atoms. The van der Waals surface area contributed by atoms with Crippen molar-refractivity contribution in [3.8, 4) is 0 Å². The van der Waals surface area contributed by atoms with Gasteiger partial charge in [0, 0.05) is 51.0 Å². The Labute approximate surface area is 150 Å². The summed E-state index contributed by atoms with van der Waals surface area (Å²) in [5, 5.41) is 0. The van der Waals surface area contributed by atoms with Crippen molar-refractivity contribution in [3.05, 3.63) is 30.1 Å². The molecule has 0 N–H and O–H groups in total. The van der Waals surface area contributed by atoms with Crippen LogP contribution in [0.15, 0.2) is 24.5 Å². The maximum absolute atomic E-state index is 13.3. The van der Waals surface area contributed by atoms with E-state index in [9.17, 15) is 4.79 Å². The minimum Gasteiger partial charge on any atom is -0.340 e. The minimum atomic E-state index is 0.359. The normalized spacial score (nSPS) is 37.4. The van der Waals surface area contributed by atoms with Crippen LogP contribution in [0.3, 0.4) is 0 Å². The fourth-order valence-corrected chi connectivity index (χ4v) is 6.42. The van der Waals surface area contributed by atoms with Crippen LogP contribution in [0.4, 0.5) is 0 Å². The molecule has 1 aliphatic heterocycles. The van der Waals surface area contributed by atoms with Gasteiger partial charge >= 0.3 is 0 Å². The summed E-state index contributed by atoms with van der Waals surface area (Å²) in [5.41, 5.74) is 1.27. The van der Waals surface area contributed by atoms with Crippen LogP contribution in [0.2, 0.25) is 0 Å². The zero-order valence-corrected chi connectivity index (χ0v) is 15.0. The van der Waals surface area contributed by atoms with E-state index in [0.717, 1.165) is 44.6 Å². The molecule has 1 amide bonds. The Morgan fingerprint density at radius 3 is 2.28 bits per heavy atom. The molecule has 5 aliphatic rings. The molecule has 2 heterocycles. The fraction of sp³-hybridized carbons (Fsp3) is 0.714. The van der Waals surface area contributed by atoms with E-state index >= 15 is 0 Å². The zero-order chi connectivity index (χ0) is 16.8. The fourth-order valence-electron chi connectivity index (χ4n) is 6.42. The number of piperazine rings is 1. The maximum Gasteiger partial charge on any atom is 0.226 e. The SMILES string of the molecule is O=C(C1C2CC3CC(C2)CC1C3)N1CCN(Cc2cccnc2)CC1. The van der Waals surface area contributed by atoms with Crippen molar-refractivity contribution >= 4 is 5.91 Å². The summed E-state index contributed by atoms with van der Waals surface area (Å²) in [4.78, 5) is 22.1. The number of carbonyl (C=O) groups is 1. The van der Waals surface area contributed by atoms with E-state index in [1.165, 1.54) is 37.7 Å². The molecule has 0 unspecified atom stereocenters. The predicted molar refractivity (Wildman–Crippen MR) is 96.6 cm³/mol. The molecule has 4 saturated carbocycles. The van der Waals surface area contributed by atoms with Crippen molar-refractivity contribution in [2.45, 2.75) is 38.6 Å². The van der Waals surface area contributed by atoms with Crippen molar-refractivity contribution in [3.63, 3.8) is 0 Å². The van der Waals surface area contributed by atoms with Crippen molar-refractivity contribution in [1.29, 1.82) is 0 Å². The quantitative estimate of drug-likeness (QED) is 0.850. The third-order valence-corrected chi connectivity index (χ3v) is 7.32. The van der Waals surface area contributed by atoms with Gasteiger partial charge in [0.05, 0.1) is 0 Å². The number of hydrogen-bond acceptors (Lipinski definition) is 3. The Morgan fingerprint density at radius 1 is 1.00 bits per heavy atom. The van der Waals surface area contributed by atoms with Crippen LogP contribution < -0.4 is 0 Å². The Balaban J connectivity index is 1.19. The van der Waals surface area contributed by atoms with Gasteiger partial charge in [-0.05, 0) is 67.4 Å². The monoisotopic (exact) mass is 339 g/mol. The van der Waals surface area contributed by atoms with Crippen LogP contribution in [0.5, 0.6) is 0 Å². The summed E-state index contributed by atoms with van der Waals surface area (Å²) in [6.07, 6.45) is 10.6. The van der Waals surface area contributed by atoms with Gasteiger partial charge in [0.15, 0.2) is 0 Å². The van der Waals surface area contributed by atoms with Crippen molar-refractivity contribution in [2.24, 2.45) is 29.6 Å². The van der Waals surface area contributed by atoms with Crippen molar-refractivity contribution in [1.82, 2.24) is 14.8 Å². The number of nitrogens with zero attached hydrogens (tertiary/aromatic N) is 3. The second-order valence-corrected chi connectivity index (χ2v) is 8.92. The molecule has 5 fully saturated rings. The summed E-state index contributed by atoms with van der Waals surface area (Å²) >= 11 is 0. The molecule has 4 heteroatoms. The van der Waals surface area contributed by atoms with E-state index in [1.54, 1.807) is 0 Å². The molecule has 4 bridgehead atoms. The highest BCUT2D eigenvalue weighted by Gasteiger charge is 2.51. The number of pyridine rings is 1. The lowest BCUT2D eigenvalue weighted by Gasteiger charge is -2.54. The van der Waals surface area contributed by atoms with Crippen LogP contribution in [0.1, 0.15) is 37.7 Å². The number of rotatable bonds is 3. The smallest absolute Gasteiger partial charge is 0.226 e. The molecule has 0 aromatic carbocycles. The highest BCUT2D eigenvalue weighted by Crippen LogP contribution is 2.56. The number of aromatic nitrogens is 1. The van der Waals surface area contributed by atoms with Gasteiger partial charge in [-0.15, -0.1) is 0 Å². The summed E-state index contributed by atoms with van der Waals surface area (Å²) in [6.45, 7) is 4.75. The van der Waals surface area contributed by atoms with Gasteiger partial charge < -0.3 is 4.90 Å². The molecule has 0 atom stereocenters. The summed E-state index contributed by atoms with van der Waals surface area (Å²) in [7, 11) is 0. The lowest BCUT2D eigenvalue weighted by Crippen LogP contribution is -2.55. The van der Waals surface area contributed by atoms with E-state index in [4.69, 9.17) is 0 Å². The van der Waals surface area contributed by atoms with E-state index < -0.39 is 0 Å². The summed E-state index contributed by atoms with van der Waals surface area (Å²) < 4.78 is 0. The maximum atomic E-state index is 13.3. The first-order valence-electron chi connectivity index (χ1n) is 10.2. The van der Waals surface area contributed by atoms with Crippen LogP contribution >= 0.6 is 0 Å². The van der Waals surface area contributed by atoms with E-state index in [-0.39, 0.29) is 0 Å². The Hall–Kier alpha value is -1.42. The van der Waals surface area contributed by atoms with Gasteiger partial charge in [0.1, 0.15) is 0 Å². The molecule has 6 rings (SSSR count). The Morgan fingerprint density at radius 2 is 1.68 bits per heavy atom. The first kappa shape index (κ1) is 15.8. The minimum absolute atomic E-state index is 0.359. The van der Waals surface area contributed by atoms with Crippen molar-refractivity contribution in [2.75, 3.05) is 26.2 Å². The van der Waals surface area contributed by atoms with Gasteiger partial charge in [0.25, 0.3) is 0 Å². The molecule has 4 nitrogen and oxygen atoms in total. The molecule has 134 valence electrons. The third kappa shape index (κ3) is 2.99. The molecule has 1 saturated heterocycles. The second-order valence-electron chi connectivity index (χ2n) is 8.92. The van der Waals surface area contributed by atoms with Crippen LogP contribution in [0.25, 0.3) is 0 Å². The van der Waals surface area contributed by atoms with E-state index in [2.05, 4.69) is 20.9 Å². The van der Waals surface area contributed by atoms with Gasteiger partial charge in [0.2, 0.25) is 5.91 Å². The second kappa shape index (κ2) is 6.39. The van der Waals surface area contributed by atoms with E-state index in [1.807, 2.05) is 18.5 Å². The molecule has 0 radical (unpaired) electrons. The van der Waals surface area contributed by atoms with Gasteiger partial charge in [-0.25, -0.2) is 0 Å². The van der Waals surface area contributed by atoms with Crippen molar-refractivity contribution < 1.29 is 4.79 Å². The molecular weight excluding hydrogens is 310 g/mol. The highest BCUT2D eigenvalue weighted by molar-refractivity contribution is 5.80. The average Bonchev–Trinajstić information content (AvgIpc) is 2.62. The highest BCUT2D eigenvalue weighted by atomic mass is 16.2. The molecular formula is C21H29N3O. The van der Waals surface area contributed by atoms with Gasteiger partial charge in [-0.3, -0.25) is 14.7 Å². The van der Waals surface area contributed by atoms with Crippen LogP contribution in [-0.4, -0.2) is 46.9 Å². The number of hydrogen-bond donors (Lipinski definition) is 0.